The number of carbonyl (C=O) groups excluding carboxylic acids is 2. The zero-order chi connectivity index (χ0) is 21.5. The van der Waals surface area contributed by atoms with Gasteiger partial charge >= 0.3 is 0 Å². The average molecular weight is 464 g/mol. The number of nitrogens with zero attached hydrogens (tertiary/aromatic N) is 1. The molecule has 0 saturated carbocycles. The van der Waals surface area contributed by atoms with E-state index in [1.807, 2.05) is 56.3 Å². The third-order valence-corrected chi connectivity index (χ3v) is 6.04. The van der Waals surface area contributed by atoms with E-state index in [1.165, 1.54) is 0 Å². The van der Waals surface area contributed by atoms with Crippen LogP contribution < -0.4 is 4.90 Å². The molecule has 1 aliphatic rings. The first-order valence-electron chi connectivity index (χ1n) is 9.78. The van der Waals surface area contributed by atoms with Crippen molar-refractivity contribution in [1.29, 1.82) is 0 Å². The van der Waals surface area contributed by atoms with Gasteiger partial charge in [0.15, 0.2) is 11.4 Å². The van der Waals surface area contributed by atoms with Crippen LogP contribution >= 0.6 is 15.9 Å². The molecular formula is C25H22BrNO3. The first-order valence-corrected chi connectivity index (χ1v) is 10.6. The topological polar surface area (TPSA) is 57.6 Å². The Bertz CT molecular complexity index is 1120. The summed E-state index contributed by atoms with van der Waals surface area (Å²) in [6.07, 6.45) is -0.303. The minimum atomic E-state index is -1.90. The molecule has 1 heterocycles. The van der Waals surface area contributed by atoms with Crippen molar-refractivity contribution in [2.24, 2.45) is 0 Å². The molecule has 0 saturated heterocycles. The predicted molar refractivity (Wildman–Crippen MR) is 121 cm³/mol. The number of hydrogen-bond acceptors (Lipinski definition) is 3. The quantitative estimate of drug-likeness (QED) is 0.537. The van der Waals surface area contributed by atoms with E-state index in [-0.39, 0.29) is 12.2 Å². The number of Topliss-reactive ketones (excluding diaryl/α,β-unsaturated/α-hetero) is 1. The van der Waals surface area contributed by atoms with Gasteiger partial charge in [0.2, 0.25) is 0 Å². The Morgan fingerprint density at radius 2 is 1.57 bits per heavy atom. The van der Waals surface area contributed by atoms with Crippen molar-refractivity contribution < 1.29 is 14.7 Å². The van der Waals surface area contributed by atoms with Crippen LogP contribution in [0.3, 0.4) is 0 Å². The Labute approximate surface area is 184 Å². The predicted octanol–water partition coefficient (Wildman–Crippen LogP) is 5.07. The van der Waals surface area contributed by atoms with Crippen LogP contribution in [0.25, 0.3) is 0 Å². The molecule has 1 aliphatic heterocycles. The fourth-order valence-electron chi connectivity index (χ4n) is 3.80. The van der Waals surface area contributed by atoms with Crippen LogP contribution in [-0.2, 0) is 16.9 Å². The lowest BCUT2D eigenvalue weighted by Crippen LogP contribution is -2.41. The molecule has 3 aromatic carbocycles. The molecule has 0 aromatic heterocycles. The van der Waals surface area contributed by atoms with Gasteiger partial charge in [-0.05, 0) is 37.6 Å². The van der Waals surface area contributed by atoms with E-state index >= 15 is 0 Å². The standard InChI is InChI=1S/C25H22BrNO3/c1-16-3-7-18(8-4-16)15-27-22-12-11-20(26)13-21(22)25(30,24(27)29)14-23(28)19-9-5-17(2)6-10-19/h3-13,30H,14-15H2,1-2H3. The number of carbonyl (C=O) groups is 2. The van der Waals surface area contributed by atoms with E-state index in [2.05, 4.69) is 15.9 Å². The van der Waals surface area contributed by atoms with E-state index in [0.29, 0.717) is 23.4 Å². The Hall–Kier alpha value is -2.76. The summed E-state index contributed by atoms with van der Waals surface area (Å²) in [6, 6.07) is 20.4. The normalized spacial score (nSPS) is 17.9. The van der Waals surface area contributed by atoms with Gasteiger partial charge in [0.25, 0.3) is 5.91 Å². The van der Waals surface area contributed by atoms with Crippen molar-refractivity contribution in [1.82, 2.24) is 0 Å². The van der Waals surface area contributed by atoms with Crippen LogP contribution in [0.2, 0.25) is 0 Å². The second-order valence-electron chi connectivity index (χ2n) is 7.86. The number of amides is 1. The van der Waals surface area contributed by atoms with Crippen LogP contribution in [0.5, 0.6) is 0 Å². The van der Waals surface area contributed by atoms with Gasteiger partial charge in [-0.1, -0.05) is 75.6 Å². The number of hydrogen-bond donors (Lipinski definition) is 1. The lowest BCUT2D eigenvalue weighted by Gasteiger charge is -2.23. The SMILES string of the molecule is Cc1ccc(CN2C(=O)C(O)(CC(=O)c3ccc(C)cc3)c3cc(Br)ccc32)cc1. The Morgan fingerprint density at radius 3 is 2.20 bits per heavy atom. The molecule has 0 fully saturated rings. The number of anilines is 1. The molecule has 4 nitrogen and oxygen atoms in total. The van der Waals surface area contributed by atoms with E-state index < -0.39 is 11.5 Å². The second-order valence-corrected chi connectivity index (χ2v) is 8.78. The highest BCUT2D eigenvalue weighted by atomic mass is 79.9. The number of ketones is 1. The van der Waals surface area contributed by atoms with Gasteiger partial charge in [0.05, 0.1) is 18.7 Å². The lowest BCUT2D eigenvalue weighted by atomic mass is 9.88. The molecule has 1 N–H and O–H groups in total. The Balaban J connectivity index is 1.70. The van der Waals surface area contributed by atoms with Gasteiger partial charge in [0.1, 0.15) is 0 Å². The molecule has 0 aliphatic carbocycles. The molecule has 152 valence electrons. The summed E-state index contributed by atoms with van der Waals surface area (Å²) in [4.78, 5) is 27.9. The number of fused-ring (bicyclic) bond motifs is 1. The first-order chi connectivity index (χ1) is 14.3. The summed E-state index contributed by atoms with van der Waals surface area (Å²) in [6.45, 7) is 4.28. The van der Waals surface area contributed by atoms with Crippen LogP contribution in [0, 0.1) is 13.8 Å². The van der Waals surface area contributed by atoms with Gasteiger partial charge in [0, 0.05) is 15.6 Å². The van der Waals surface area contributed by atoms with Crippen molar-refractivity contribution in [2.75, 3.05) is 4.90 Å². The maximum absolute atomic E-state index is 13.4. The minimum absolute atomic E-state index is 0.269. The third kappa shape index (κ3) is 3.71. The minimum Gasteiger partial charge on any atom is -0.375 e. The molecule has 1 amide bonds. The van der Waals surface area contributed by atoms with Crippen molar-refractivity contribution in [2.45, 2.75) is 32.4 Å². The molecule has 30 heavy (non-hydrogen) atoms. The summed E-state index contributed by atoms with van der Waals surface area (Å²) in [5, 5.41) is 11.5. The van der Waals surface area contributed by atoms with Crippen molar-refractivity contribution in [3.05, 3.63) is 99.0 Å². The van der Waals surface area contributed by atoms with Crippen LogP contribution in [0.4, 0.5) is 5.69 Å². The lowest BCUT2D eigenvalue weighted by molar-refractivity contribution is -0.136. The molecule has 1 unspecified atom stereocenters. The van der Waals surface area contributed by atoms with Gasteiger partial charge in [-0.2, -0.15) is 0 Å². The molecule has 3 aromatic rings. The average Bonchev–Trinajstić information content (AvgIpc) is 2.91. The van der Waals surface area contributed by atoms with Crippen molar-refractivity contribution >= 4 is 33.3 Å². The van der Waals surface area contributed by atoms with Gasteiger partial charge < -0.3 is 10.0 Å². The zero-order valence-corrected chi connectivity index (χ0v) is 18.4. The highest BCUT2D eigenvalue weighted by molar-refractivity contribution is 9.10. The highest BCUT2D eigenvalue weighted by Crippen LogP contribution is 2.44. The molecule has 0 bridgehead atoms. The number of halogens is 1. The highest BCUT2D eigenvalue weighted by Gasteiger charge is 2.51. The molecule has 0 spiro atoms. The van der Waals surface area contributed by atoms with Crippen LogP contribution in [0.1, 0.15) is 39.0 Å². The fourth-order valence-corrected chi connectivity index (χ4v) is 4.16. The summed E-state index contributed by atoms with van der Waals surface area (Å²) in [5.74, 6) is -0.745. The van der Waals surface area contributed by atoms with Crippen molar-refractivity contribution in [3.8, 4) is 0 Å². The molecule has 5 heteroatoms. The largest absolute Gasteiger partial charge is 0.375 e. The number of aliphatic hydroxyl groups is 1. The monoisotopic (exact) mass is 463 g/mol. The van der Waals surface area contributed by atoms with Gasteiger partial charge in [-0.3, -0.25) is 9.59 Å². The van der Waals surface area contributed by atoms with E-state index in [9.17, 15) is 14.7 Å². The summed E-state index contributed by atoms with van der Waals surface area (Å²) >= 11 is 3.42. The number of aryl methyl sites for hydroxylation is 2. The fraction of sp³-hybridized carbons (Fsp3) is 0.200. The Kier molecular flexibility index (Phi) is 5.35. The van der Waals surface area contributed by atoms with E-state index in [1.54, 1.807) is 29.2 Å². The van der Waals surface area contributed by atoms with Crippen LogP contribution in [0.15, 0.2) is 71.2 Å². The number of benzene rings is 3. The Morgan fingerprint density at radius 1 is 0.967 bits per heavy atom. The van der Waals surface area contributed by atoms with E-state index in [4.69, 9.17) is 0 Å². The molecular weight excluding hydrogens is 442 g/mol. The summed E-state index contributed by atoms with van der Waals surface area (Å²) < 4.78 is 0.743. The maximum atomic E-state index is 13.4. The molecule has 4 rings (SSSR count). The van der Waals surface area contributed by atoms with Gasteiger partial charge in [-0.25, -0.2) is 0 Å². The zero-order valence-electron chi connectivity index (χ0n) is 16.9. The second kappa shape index (κ2) is 7.82. The van der Waals surface area contributed by atoms with E-state index in [0.717, 1.165) is 21.2 Å². The maximum Gasteiger partial charge on any atom is 0.264 e. The smallest absolute Gasteiger partial charge is 0.264 e. The van der Waals surface area contributed by atoms with Crippen LogP contribution in [-0.4, -0.2) is 16.8 Å². The molecule has 0 radical (unpaired) electrons. The van der Waals surface area contributed by atoms with Crippen molar-refractivity contribution in [3.63, 3.8) is 0 Å². The first kappa shape index (κ1) is 20.5. The molecule has 1 atom stereocenters. The summed E-state index contributed by atoms with van der Waals surface area (Å²) in [5.41, 5.74) is 2.80. The number of rotatable bonds is 5. The summed E-state index contributed by atoms with van der Waals surface area (Å²) in [7, 11) is 0. The van der Waals surface area contributed by atoms with Gasteiger partial charge in [-0.15, -0.1) is 0 Å². The third-order valence-electron chi connectivity index (χ3n) is 5.55.